The van der Waals surface area contributed by atoms with Crippen LogP contribution in [0.4, 0.5) is 0 Å². The first-order chi connectivity index (χ1) is 14.0. The predicted octanol–water partition coefficient (Wildman–Crippen LogP) is 4.90. The number of carbonyl (C=O) groups is 1. The van der Waals surface area contributed by atoms with Crippen molar-refractivity contribution in [3.8, 4) is 5.69 Å². The van der Waals surface area contributed by atoms with Crippen LogP contribution in [0.1, 0.15) is 43.0 Å². The van der Waals surface area contributed by atoms with Crippen molar-refractivity contribution in [1.29, 1.82) is 5.41 Å². The van der Waals surface area contributed by atoms with Crippen LogP contribution in [0.3, 0.4) is 0 Å². The van der Waals surface area contributed by atoms with Crippen LogP contribution >= 0.6 is 11.8 Å². The molecule has 0 saturated heterocycles. The van der Waals surface area contributed by atoms with Crippen molar-refractivity contribution in [1.82, 2.24) is 9.58 Å². The van der Waals surface area contributed by atoms with Crippen molar-refractivity contribution in [2.75, 3.05) is 0 Å². The number of thioether (sulfide) groups is 1. The molecule has 2 aromatic rings. The maximum atomic E-state index is 12.7. The zero-order valence-electron chi connectivity index (χ0n) is 16.8. The average Bonchev–Trinajstić information content (AvgIpc) is 3.32. The van der Waals surface area contributed by atoms with E-state index in [1.165, 1.54) is 16.8 Å². The van der Waals surface area contributed by atoms with Gasteiger partial charge in [0.15, 0.2) is 5.84 Å². The number of carbonyl (C=O) groups excluding carboxylic acids is 1. The molecule has 0 saturated carbocycles. The van der Waals surface area contributed by atoms with Crippen LogP contribution in [-0.2, 0) is 4.79 Å². The first-order valence-electron chi connectivity index (χ1n) is 9.72. The number of nitrogens with one attached hydrogen (secondary N) is 1. The molecule has 1 aromatic heterocycles. The van der Waals surface area contributed by atoms with E-state index in [9.17, 15) is 4.79 Å². The summed E-state index contributed by atoms with van der Waals surface area (Å²) in [5, 5.41) is 15.9. The molecule has 0 unspecified atom stereocenters. The number of benzene rings is 1. The fourth-order valence-electron chi connectivity index (χ4n) is 3.32. The van der Waals surface area contributed by atoms with Crippen LogP contribution in [0, 0.1) is 19.3 Å². The number of hydrogen-bond acceptors (Lipinski definition) is 4. The van der Waals surface area contributed by atoms with Crippen molar-refractivity contribution in [3.05, 3.63) is 58.9 Å². The first-order valence-corrected chi connectivity index (χ1v) is 10.5. The van der Waals surface area contributed by atoms with Gasteiger partial charge in [0.2, 0.25) is 5.17 Å². The molecule has 0 bridgehead atoms. The third-order valence-electron chi connectivity index (χ3n) is 4.94. The van der Waals surface area contributed by atoms with E-state index >= 15 is 0 Å². The van der Waals surface area contributed by atoms with Crippen molar-refractivity contribution < 1.29 is 4.79 Å². The van der Waals surface area contributed by atoms with E-state index in [2.05, 4.69) is 49.1 Å². The van der Waals surface area contributed by atoms with Gasteiger partial charge >= 0.3 is 0 Å². The van der Waals surface area contributed by atoms with Crippen LogP contribution in [0.15, 0.2) is 52.2 Å². The minimum Gasteiger partial charge on any atom is -0.317 e. The number of amides is 1. The Bertz CT molecular complexity index is 1090. The number of rotatable bonds is 5. The second kappa shape index (κ2) is 7.83. The largest absolute Gasteiger partial charge is 0.317 e. The number of aryl methyl sites for hydroxylation is 2. The molecule has 4 rings (SSSR count). The molecule has 6 nitrogen and oxygen atoms in total. The molecule has 0 fully saturated rings. The van der Waals surface area contributed by atoms with Gasteiger partial charge in [0, 0.05) is 17.6 Å². The van der Waals surface area contributed by atoms with Crippen LogP contribution in [-0.4, -0.2) is 31.5 Å². The van der Waals surface area contributed by atoms with Crippen molar-refractivity contribution in [2.24, 2.45) is 10.1 Å². The number of nitrogens with zero attached hydrogens (tertiary/aromatic N) is 4. The van der Waals surface area contributed by atoms with Crippen molar-refractivity contribution in [2.45, 2.75) is 40.0 Å². The lowest BCUT2D eigenvalue weighted by atomic mass is 10.1. The number of hydrogen-bond donors (Lipinski definition) is 1. The molecule has 0 aliphatic carbocycles. The van der Waals surface area contributed by atoms with Crippen LogP contribution in [0.5, 0.6) is 0 Å². The Kier molecular flexibility index (Phi) is 5.24. The second-order valence-electron chi connectivity index (χ2n) is 7.21. The highest BCUT2D eigenvalue weighted by Crippen LogP contribution is 2.30. The van der Waals surface area contributed by atoms with Gasteiger partial charge in [-0.15, -0.1) is 0 Å². The summed E-state index contributed by atoms with van der Waals surface area (Å²) in [6, 6.07) is 10.1. The third kappa shape index (κ3) is 3.70. The third-order valence-corrected chi connectivity index (χ3v) is 5.91. The molecule has 0 radical (unpaired) electrons. The Morgan fingerprint density at radius 1 is 1.24 bits per heavy atom. The number of hydrazone groups is 1. The molecule has 1 N–H and O–H groups in total. The zero-order chi connectivity index (χ0) is 20.5. The Morgan fingerprint density at radius 3 is 2.86 bits per heavy atom. The molecule has 148 valence electrons. The molecule has 1 amide bonds. The molecule has 2 aliphatic heterocycles. The molecule has 3 heterocycles. The maximum absolute atomic E-state index is 12.7. The minimum atomic E-state index is -0.394. The Balaban J connectivity index is 1.69. The molecular formula is C22H23N5OS. The summed E-state index contributed by atoms with van der Waals surface area (Å²) in [6.07, 6.45) is 6.64. The molecular weight excluding hydrogens is 382 g/mol. The van der Waals surface area contributed by atoms with Gasteiger partial charge in [-0.25, -0.2) is 0 Å². The van der Waals surface area contributed by atoms with E-state index in [1.807, 2.05) is 22.9 Å². The first kappa shape index (κ1) is 19.4. The highest BCUT2D eigenvalue weighted by atomic mass is 32.2. The van der Waals surface area contributed by atoms with E-state index in [1.54, 1.807) is 6.08 Å². The number of aromatic nitrogens is 1. The van der Waals surface area contributed by atoms with E-state index in [0.717, 1.165) is 46.8 Å². The summed E-state index contributed by atoms with van der Waals surface area (Å²) in [6.45, 7) is 6.24. The fraction of sp³-hybridized carbons (Fsp3) is 0.273. The summed E-state index contributed by atoms with van der Waals surface area (Å²) in [7, 11) is 0. The van der Waals surface area contributed by atoms with Crippen molar-refractivity contribution in [3.63, 3.8) is 0 Å². The molecule has 7 heteroatoms. The molecule has 0 spiro atoms. The minimum absolute atomic E-state index is 0.0766. The van der Waals surface area contributed by atoms with Crippen LogP contribution in [0.2, 0.25) is 0 Å². The summed E-state index contributed by atoms with van der Waals surface area (Å²) in [4.78, 5) is 16.8. The zero-order valence-corrected chi connectivity index (χ0v) is 17.6. The topological polar surface area (TPSA) is 73.8 Å². The fourth-order valence-corrected chi connectivity index (χ4v) is 4.25. The molecule has 1 aromatic carbocycles. The summed E-state index contributed by atoms with van der Waals surface area (Å²) >= 11 is 1.39. The van der Waals surface area contributed by atoms with E-state index in [-0.39, 0.29) is 11.4 Å². The Hall–Kier alpha value is -2.93. The summed E-state index contributed by atoms with van der Waals surface area (Å²) < 4.78 is 2.03. The summed E-state index contributed by atoms with van der Waals surface area (Å²) in [5.74, 6) is -0.317. The van der Waals surface area contributed by atoms with Gasteiger partial charge in [-0.2, -0.15) is 15.1 Å². The maximum Gasteiger partial charge on any atom is 0.283 e. The van der Waals surface area contributed by atoms with Gasteiger partial charge in [0.1, 0.15) is 5.04 Å². The number of unbranched alkanes of at least 4 members (excludes halogenated alkanes) is 1. The lowest BCUT2D eigenvalue weighted by Gasteiger charge is -2.20. The number of fused-ring (bicyclic) bond motifs is 1. The van der Waals surface area contributed by atoms with E-state index in [4.69, 9.17) is 5.41 Å². The van der Waals surface area contributed by atoms with E-state index < -0.39 is 5.91 Å². The normalized spacial score (nSPS) is 17.6. The highest BCUT2D eigenvalue weighted by Gasteiger charge is 2.35. The van der Waals surface area contributed by atoms with Gasteiger partial charge in [0.25, 0.3) is 5.91 Å². The van der Waals surface area contributed by atoms with Gasteiger partial charge in [-0.05, 0) is 73.9 Å². The van der Waals surface area contributed by atoms with Crippen molar-refractivity contribution >= 4 is 39.8 Å². The lowest BCUT2D eigenvalue weighted by molar-refractivity contribution is -0.114. The Morgan fingerprint density at radius 2 is 2.07 bits per heavy atom. The summed E-state index contributed by atoms with van der Waals surface area (Å²) in [5.41, 5.74) is 4.43. The SMILES string of the molecule is CCCCC1=NN2C(=N)/C(=C\c3cccn3-c3cc(C)ccc3C)C(=O)N=C2S1. The molecule has 29 heavy (non-hydrogen) atoms. The Labute approximate surface area is 174 Å². The highest BCUT2D eigenvalue weighted by molar-refractivity contribution is 8.26. The van der Waals surface area contributed by atoms with Crippen LogP contribution in [0.25, 0.3) is 11.8 Å². The van der Waals surface area contributed by atoms with Gasteiger partial charge in [0.05, 0.1) is 5.57 Å². The quantitative estimate of drug-likeness (QED) is 0.719. The smallest absolute Gasteiger partial charge is 0.283 e. The standard InChI is InChI=1S/C22H23N5OS/c1-4-5-8-19-25-27-20(23)17(21(28)24-22(27)29-19)13-16-7-6-11-26(16)18-12-14(2)9-10-15(18)3/h6-7,9-13,23H,4-5,8H2,1-3H3/b17-13+,23-20?. The van der Waals surface area contributed by atoms with Crippen LogP contribution < -0.4 is 0 Å². The molecule has 0 atom stereocenters. The molecule has 2 aliphatic rings. The van der Waals surface area contributed by atoms with Gasteiger partial charge in [-0.1, -0.05) is 25.5 Å². The van der Waals surface area contributed by atoms with E-state index in [0.29, 0.717) is 5.17 Å². The lowest BCUT2D eigenvalue weighted by Crippen LogP contribution is -2.35. The average molecular weight is 406 g/mol. The van der Waals surface area contributed by atoms with Gasteiger partial charge in [-0.3, -0.25) is 10.2 Å². The number of aliphatic imine (C=N–C) groups is 1. The monoisotopic (exact) mass is 405 g/mol. The van der Waals surface area contributed by atoms with Gasteiger partial charge < -0.3 is 4.57 Å². The predicted molar refractivity (Wildman–Crippen MR) is 120 cm³/mol. The number of amidine groups is 2. The second-order valence-corrected chi connectivity index (χ2v) is 8.25.